The van der Waals surface area contributed by atoms with E-state index >= 15 is 0 Å². The Morgan fingerprint density at radius 1 is 1.32 bits per heavy atom. The molecule has 2 rings (SSSR count). The number of nitrogens with zero attached hydrogens (tertiary/aromatic N) is 1. The van der Waals surface area contributed by atoms with Gasteiger partial charge in [-0.2, -0.15) is 5.26 Å². The summed E-state index contributed by atoms with van der Waals surface area (Å²) in [5.74, 6) is 1.34. The molecule has 1 fully saturated rings. The van der Waals surface area contributed by atoms with E-state index in [1.54, 1.807) is 24.3 Å². The second-order valence-corrected chi connectivity index (χ2v) is 5.63. The lowest BCUT2D eigenvalue weighted by Gasteiger charge is -2.32. The Hall–Kier alpha value is -1.82. The van der Waals surface area contributed by atoms with Crippen LogP contribution in [-0.2, 0) is 0 Å². The van der Waals surface area contributed by atoms with E-state index in [1.165, 1.54) is 6.42 Å². The van der Waals surface area contributed by atoms with Gasteiger partial charge in [0.15, 0.2) is 0 Å². The van der Waals surface area contributed by atoms with Crippen molar-refractivity contribution in [3.8, 4) is 6.07 Å². The molecule has 0 aliphatic heterocycles. The fraction of sp³-hybridized carbons (Fsp3) is 0.500. The summed E-state index contributed by atoms with van der Waals surface area (Å²) in [6.07, 6.45) is 3.27. The molecular weight excluding hydrogens is 236 g/mol. The van der Waals surface area contributed by atoms with Gasteiger partial charge in [-0.05, 0) is 49.3 Å². The van der Waals surface area contributed by atoms with E-state index in [4.69, 9.17) is 5.26 Å². The number of benzene rings is 1. The van der Waals surface area contributed by atoms with Gasteiger partial charge < -0.3 is 5.32 Å². The van der Waals surface area contributed by atoms with Gasteiger partial charge in [-0.15, -0.1) is 0 Å². The Bertz CT molecular complexity index is 504. The van der Waals surface area contributed by atoms with Gasteiger partial charge in [-0.25, -0.2) is 0 Å². The molecule has 0 radical (unpaired) electrons. The fourth-order valence-corrected chi connectivity index (χ4v) is 2.68. The van der Waals surface area contributed by atoms with E-state index in [0.717, 1.165) is 18.8 Å². The third-order valence-corrected chi connectivity index (χ3v) is 4.19. The van der Waals surface area contributed by atoms with Crippen LogP contribution in [-0.4, -0.2) is 11.9 Å². The molecule has 0 saturated heterocycles. The van der Waals surface area contributed by atoms with E-state index in [0.29, 0.717) is 17.0 Å². The van der Waals surface area contributed by atoms with Crippen LogP contribution in [0.25, 0.3) is 0 Å². The molecule has 1 aliphatic carbocycles. The highest BCUT2D eigenvalue weighted by atomic mass is 16.1. The SMILES string of the molecule is CC1CCC(NC(=O)c2cccc(C#N)c2)CC1C. The normalized spacial score (nSPS) is 26.5. The van der Waals surface area contributed by atoms with Gasteiger partial charge in [0.25, 0.3) is 5.91 Å². The Morgan fingerprint density at radius 3 is 2.79 bits per heavy atom. The van der Waals surface area contributed by atoms with Crippen LogP contribution in [0, 0.1) is 23.2 Å². The van der Waals surface area contributed by atoms with Crippen molar-refractivity contribution in [1.82, 2.24) is 5.32 Å². The molecule has 3 atom stereocenters. The van der Waals surface area contributed by atoms with Crippen molar-refractivity contribution in [1.29, 1.82) is 5.26 Å². The van der Waals surface area contributed by atoms with Crippen LogP contribution >= 0.6 is 0 Å². The van der Waals surface area contributed by atoms with Crippen molar-refractivity contribution < 1.29 is 4.79 Å². The van der Waals surface area contributed by atoms with Gasteiger partial charge in [0.2, 0.25) is 0 Å². The first kappa shape index (κ1) is 13.6. The van der Waals surface area contributed by atoms with Crippen LogP contribution in [0.15, 0.2) is 24.3 Å². The minimum atomic E-state index is -0.0659. The van der Waals surface area contributed by atoms with Crippen LogP contribution < -0.4 is 5.32 Å². The van der Waals surface area contributed by atoms with Gasteiger partial charge in [-0.3, -0.25) is 4.79 Å². The summed E-state index contributed by atoms with van der Waals surface area (Å²) >= 11 is 0. The number of carbonyl (C=O) groups is 1. The Balaban J connectivity index is 1.99. The average molecular weight is 256 g/mol. The lowest BCUT2D eigenvalue weighted by atomic mass is 9.79. The molecule has 3 heteroatoms. The maximum atomic E-state index is 12.1. The van der Waals surface area contributed by atoms with E-state index < -0.39 is 0 Å². The van der Waals surface area contributed by atoms with E-state index in [1.807, 2.05) is 0 Å². The third-order valence-electron chi connectivity index (χ3n) is 4.19. The second kappa shape index (κ2) is 5.88. The smallest absolute Gasteiger partial charge is 0.251 e. The Morgan fingerprint density at radius 2 is 2.11 bits per heavy atom. The van der Waals surface area contributed by atoms with Crippen molar-refractivity contribution in [2.75, 3.05) is 0 Å². The highest BCUT2D eigenvalue weighted by Gasteiger charge is 2.25. The molecule has 19 heavy (non-hydrogen) atoms. The standard InChI is InChI=1S/C16H20N2O/c1-11-6-7-15(8-12(11)2)18-16(19)14-5-3-4-13(9-14)10-17/h3-5,9,11-12,15H,6-8H2,1-2H3,(H,18,19). The number of carbonyl (C=O) groups excluding carboxylic acids is 1. The van der Waals surface area contributed by atoms with Crippen LogP contribution in [0.3, 0.4) is 0 Å². The zero-order valence-electron chi connectivity index (χ0n) is 11.5. The molecule has 1 N–H and O–H groups in total. The number of amides is 1. The van der Waals surface area contributed by atoms with Crippen molar-refractivity contribution >= 4 is 5.91 Å². The summed E-state index contributed by atoms with van der Waals surface area (Å²) in [4.78, 5) is 12.1. The zero-order valence-corrected chi connectivity index (χ0v) is 11.5. The third kappa shape index (κ3) is 3.35. The van der Waals surface area contributed by atoms with Crippen molar-refractivity contribution in [2.45, 2.75) is 39.2 Å². The van der Waals surface area contributed by atoms with Crippen LogP contribution in [0.2, 0.25) is 0 Å². The van der Waals surface area contributed by atoms with Crippen LogP contribution in [0.4, 0.5) is 0 Å². The van der Waals surface area contributed by atoms with Crippen LogP contribution in [0.5, 0.6) is 0 Å². The van der Waals surface area contributed by atoms with Gasteiger partial charge in [0.05, 0.1) is 11.6 Å². The highest BCUT2D eigenvalue weighted by molar-refractivity contribution is 5.94. The van der Waals surface area contributed by atoms with Crippen molar-refractivity contribution in [3.63, 3.8) is 0 Å². The van der Waals surface area contributed by atoms with Crippen molar-refractivity contribution in [2.24, 2.45) is 11.8 Å². The summed E-state index contributed by atoms with van der Waals surface area (Å²) in [5, 5.41) is 11.9. The number of rotatable bonds is 2. The zero-order chi connectivity index (χ0) is 13.8. The quantitative estimate of drug-likeness (QED) is 0.884. The maximum Gasteiger partial charge on any atom is 0.251 e. The summed E-state index contributed by atoms with van der Waals surface area (Å²) in [5.41, 5.74) is 1.10. The average Bonchev–Trinajstić information content (AvgIpc) is 2.43. The largest absolute Gasteiger partial charge is 0.349 e. The van der Waals surface area contributed by atoms with Gasteiger partial charge in [0.1, 0.15) is 0 Å². The topological polar surface area (TPSA) is 52.9 Å². The Kier molecular flexibility index (Phi) is 4.21. The number of nitrogens with one attached hydrogen (secondary N) is 1. The predicted molar refractivity (Wildman–Crippen MR) is 74.6 cm³/mol. The Labute approximate surface area is 114 Å². The number of hydrogen-bond donors (Lipinski definition) is 1. The van der Waals surface area contributed by atoms with E-state index in [-0.39, 0.29) is 11.9 Å². The van der Waals surface area contributed by atoms with Gasteiger partial charge in [-0.1, -0.05) is 19.9 Å². The minimum Gasteiger partial charge on any atom is -0.349 e. The summed E-state index contributed by atoms with van der Waals surface area (Å²) in [7, 11) is 0. The number of nitriles is 1. The molecule has 3 nitrogen and oxygen atoms in total. The molecule has 1 aliphatic rings. The summed E-state index contributed by atoms with van der Waals surface area (Å²) in [6, 6.07) is 9.18. The highest BCUT2D eigenvalue weighted by Crippen LogP contribution is 2.29. The molecule has 0 spiro atoms. The van der Waals surface area contributed by atoms with E-state index in [2.05, 4.69) is 25.2 Å². The lowest BCUT2D eigenvalue weighted by Crippen LogP contribution is -2.39. The summed E-state index contributed by atoms with van der Waals surface area (Å²) in [6.45, 7) is 4.53. The molecule has 1 amide bonds. The predicted octanol–water partition coefficient (Wildman–Crippen LogP) is 3.11. The fourth-order valence-electron chi connectivity index (χ4n) is 2.68. The second-order valence-electron chi connectivity index (χ2n) is 5.63. The summed E-state index contributed by atoms with van der Waals surface area (Å²) < 4.78 is 0. The minimum absolute atomic E-state index is 0.0659. The lowest BCUT2D eigenvalue weighted by molar-refractivity contribution is 0.0910. The molecule has 0 heterocycles. The van der Waals surface area contributed by atoms with E-state index in [9.17, 15) is 4.79 Å². The maximum absolute atomic E-state index is 12.1. The molecule has 1 aromatic rings. The van der Waals surface area contributed by atoms with Crippen LogP contribution in [0.1, 0.15) is 49.0 Å². The van der Waals surface area contributed by atoms with Gasteiger partial charge >= 0.3 is 0 Å². The van der Waals surface area contributed by atoms with Gasteiger partial charge in [0, 0.05) is 11.6 Å². The molecule has 1 saturated carbocycles. The molecule has 1 aromatic carbocycles. The molecule has 100 valence electrons. The first-order valence-electron chi connectivity index (χ1n) is 6.91. The molecule has 3 unspecified atom stereocenters. The molecular formula is C16H20N2O. The molecule has 0 bridgehead atoms. The first-order chi connectivity index (χ1) is 9.10. The number of hydrogen-bond acceptors (Lipinski definition) is 2. The monoisotopic (exact) mass is 256 g/mol. The first-order valence-corrected chi connectivity index (χ1v) is 6.91. The molecule has 0 aromatic heterocycles. The van der Waals surface area contributed by atoms with Crippen molar-refractivity contribution in [3.05, 3.63) is 35.4 Å².